The summed E-state index contributed by atoms with van der Waals surface area (Å²) in [6.07, 6.45) is 2.39. The molecule has 21 heavy (non-hydrogen) atoms. The first kappa shape index (κ1) is 12.2. The van der Waals surface area contributed by atoms with E-state index in [4.69, 9.17) is 5.73 Å². The van der Waals surface area contributed by atoms with Crippen molar-refractivity contribution in [3.05, 3.63) is 47.9 Å². The lowest BCUT2D eigenvalue weighted by Crippen LogP contribution is -2.12. The van der Waals surface area contributed by atoms with Crippen molar-refractivity contribution in [2.45, 2.75) is 6.42 Å². The third-order valence-electron chi connectivity index (χ3n) is 4.10. The molecular weight excluding hydrogens is 267 g/mol. The van der Waals surface area contributed by atoms with Gasteiger partial charge in [-0.25, -0.2) is 9.37 Å². The fourth-order valence-electron chi connectivity index (χ4n) is 2.96. The number of likely N-dealkylation sites (N-methyl/N-ethyl adjacent to an activating group) is 1. The maximum Gasteiger partial charge on any atom is 0.140 e. The number of pyridine rings is 1. The predicted molar refractivity (Wildman–Crippen MR) is 82.0 cm³/mol. The molecule has 0 saturated carbocycles. The van der Waals surface area contributed by atoms with Crippen molar-refractivity contribution >= 4 is 17.2 Å². The van der Waals surface area contributed by atoms with Crippen molar-refractivity contribution in [3.8, 4) is 11.3 Å². The maximum atomic E-state index is 13.3. The Balaban J connectivity index is 1.89. The van der Waals surface area contributed by atoms with Gasteiger partial charge in [0.25, 0.3) is 0 Å². The van der Waals surface area contributed by atoms with Crippen LogP contribution in [0.25, 0.3) is 16.9 Å². The van der Waals surface area contributed by atoms with E-state index in [1.807, 2.05) is 6.07 Å². The average molecular weight is 282 g/mol. The molecule has 0 aliphatic carbocycles. The van der Waals surface area contributed by atoms with Gasteiger partial charge in [0.15, 0.2) is 0 Å². The van der Waals surface area contributed by atoms with E-state index in [2.05, 4.69) is 29.1 Å². The lowest BCUT2D eigenvalue weighted by atomic mass is 10.1. The van der Waals surface area contributed by atoms with Crippen LogP contribution in [0.15, 0.2) is 36.5 Å². The van der Waals surface area contributed by atoms with Crippen molar-refractivity contribution in [2.75, 3.05) is 24.2 Å². The Hall–Kier alpha value is -2.56. The Morgan fingerprint density at radius 3 is 2.95 bits per heavy atom. The van der Waals surface area contributed by atoms with Crippen LogP contribution < -0.4 is 10.6 Å². The van der Waals surface area contributed by atoms with Crippen LogP contribution in [0.3, 0.4) is 0 Å². The number of nitrogens with two attached hydrogens (primary N) is 1. The molecule has 0 fully saturated rings. The number of benzene rings is 1. The molecular formula is C16H15FN4. The van der Waals surface area contributed by atoms with Gasteiger partial charge in [-0.15, -0.1) is 0 Å². The molecule has 0 saturated heterocycles. The Bertz CT molecular complexity index is 853. The van der Waals surface area contributed by atoms with E-state index in [-0.39, 0.29) is 5.82 Å². The molecule has 4 rings (SSSR count). The molecule has 0 bridgehead atoms. The lowest BCUT2D eigenvalue weighted by molar-refractivity contribution is 0.619. The minimum Gasteiger partial charge on any atom is -0.383 e. The normalized spacial score (nSPS) is 13.9. The summed E-state index contributed by atoms with van der Waals surface area (Å²) in [5.41, 5.74) is 11.0. The van der Waals surface area contributed by atoms with Crippen LogP contribution in [0.4, 0.5) is 15.9 Å². The number of anilines is 2. The van der Waals surface area contributed by atoms with E-state index in [1.54, 1.807) is 10.5 Å². The van der Waals surface area contributed by atoms with Crippen molar-refractivity contribution < 1.29 is 4.39 Å². The van der Waals surface area contributed by atoms with Gasteiger partial charge in [0.05, 0.1) is 0 Å². The molecule has 1 aliphatic heterocycles. The van der Waals surface area contributed by atoms with Gasteiger partial charge in [0, 0.05) is 31.0 Å². The first-order valence-corrected chi connectivity index (χ1v) is 6.91. The smallest absolute Gasteiger partial charge is 0.140 e. The third kappa shape index (κ3) is 1.77. The van der Waals surface area contributed by atoms with Crippen LogP contribution in [0, 0.1) is 5.82 Å². The zero-order valence-electron chi connectivity index (χ0n) is 11.7. The molecule has 0 radical (unpaired) electrons. The Kier molecular flexibility index (Phi) is 2.45. The number of nitrogens with zero attached hydrogens (tertiary/aromatic N) is 3. The number of aromatic nitrogens is 2. The third-order valence-corrected chi connectivity index (χ3v) is 4.10. The highest BCUT2D eigenvalue weighted by Gasteiger charge is 2.18. The summed E-state index contributed by atoms with van der Waals surface area (Å²) in [6.45, 7) is 1.03. The molecule has 5 heteroatoms. The number of hydrogen-bond donors (Lipinski definition) is 1. The van der Waals surface area contributed by atoms with Crippen LogP contribution in [-0.4, -0.2) is 23.0 Å². The first-order chi connectivity index (χ1) is 10.1. The van der Waals surface area contributed by atoms with E-state index in [9.17, 15) is 4.39 Å². The predicted octanol–water partition coefficient (Wildman–Crippen LogP) is 2.71. The summed E-state index contributed by atoms with van der Waals surface area (Å²) in [5.74, 6) is 0.143. The summed E-state index contributed by atoms with van der Waals surface area (Å²) in [5, 5.41) is 0. The summed E-state index contributed by atoms with van der Waals surface area (Å²) >= 11 is 0. The van der Waals surface area contributed by atoms with Gasteiger partial charge < -0.3 is 10.6 Å². The minimum atomic E-state index is -0.325. The largest absolute Gasteiger partial charge is 0.383 e. The van der Waals surface area contributed by atoms with Gasteiger partial charge in [-0.3, -0.25) is 4.40 Å². The second-order valence-electron chi connectivity index (χ2n) is 5.44. The molecule has 0 unspecified atom stereocenters. The average Bonchev–Trinajstić information content (AvgIpc) is 3.01. The second-order valence-corrected chi connectivity index (χ2v) is 5.44. The van der Waals surface area contributed by atoms with Crippen LogP contribution in [0.5, 0.6) is 0 Å². The zero-order valence-corrected chi connectivity index (χ0v) is 11.7. The van der Waals surface area contributed by atoms with Gasteiger partial charge in [0.1, 0.15) is 23.0 Å². The molecule has 106 valence electrons. The number of fused-ring (bicyclic) bond motifs is 2. The van der Waals surface area contributed by atoms with E-state index in [0.717, 1.165) is 18.5 Å². The minimum absolute atomic E-state index is 0.325. The fourth-order valence-corrected chi connectivity index (χ4v) is 2.96. The van der Waals surface area contributed by atoms with Crippen LogP contribution in [0.1, 0.15) is 5.56 Å². The van der Waals surface area contributed by atoms with Crippen LogP contribution >= 0.6 is 0 Å². The quantitative estimate of drug-likeness (QED) is 0.746. The number of nitrogen functional groups attached to an aromatic ring is 1. The van der Waals surface area contributed by atoms with Crippen molar-refractivity contribution in [1.82, 2.24) is 9.38 Å². The molecule has 0 atom stereocenters. The van der Waals surface area contributed by atoms with Gasteiger partial charge in [-0.05, 0) is 36.2 Å². The molecule has 2 aromatic heterocycles. The highest BCUT2D eigenvalue weighted by atomic mass is 19.1. The summed E-state index contributed by atoms with van der Waals surface area (Å²) in [7, 11) is 2.09. The highest BCUT2D eigenvalue weighted by molar-refractivity contribution is 5.77. The summed E-state index contributed by atoms with van der Waals surface area (Å²) < 4.78 is 14.9. The molecule has 0 spiro atoms. The fraction of sp³-hybridized carbons (Fsp3) is 0.188. The number of halogens is 1. The van der Waals surface area contributed by atoms with E-state index >= 15 is 0 Å². The van der Waals surface area contributed by atoms with Crippen molar-refractivity contribution in [2.24, 2.45) is 0 Å². The van der Waals surface area contributed by atoms with Crippen LogP contribution in [0.2, 0.25) is 0 Å². The Labute approximate surface area is 121 Å². The zero-order chi connectivity index (χ0) is 14.6. The molecule has 0 amide bonds. The molecule has 4 nitrogen and oxygen atoms in total. The number of hydrogen-bond acceptors (Lipinski definition) is 3. The molecule has 3 heterocycles. The highest BCUT2D eigenvalue weighted by Crippen LogP contribution is 2.33. The Morgan fingerprint density at radius 1 is 1.24 bits per heavy atom. The first-order valence-electron chi connectivity index (χ1n) is 6.91. The van der Waals surface area contributed by atoms with Gasteiger partial charge in [-0.2, -0.15) is 0 Å². The topological polar surface area (TPSA) is 46.6 Å². The summed E-state index contributed by atoms with van der Waals surface area (Å²) in [4.78, 5) is 6.76. The Morgan fingerprint density at radius 2 is 2.10 bits per heavy atom. The van der Waals surface area contributed by atoms with Crippen molar-refractivity contribution in [1.29, 1.82) is 0 Å². The van der Waals surface area contributed by atoms with Gasteiger partial charge in [0.2, 0.25) is 0 Å². The number of rotatable bonds is 1. The monoisotopic (exact) mass is 282 g/mol. The van der Waals surface area contributed by atoms with E-state index < -0.39 is 0 Å². The molecule has 1 aromatic carbocycles. The maximum absolute atomic E-state index is 13.3. The SMILES string of the molecule is CN1CCc2cc(-c3nc4ccc(F)cn4c3N)ccc21. The standard InChI is InChI=1S/C16H15FN4/c1-20-7-6-10-8-11(2-4-13(10)20)15-16(18)21-9-12(17)3-5-14(21)19-15/h2-5,8-9H,6-7,18H2,1H3. The molecule has 1 aliphatic rings. The van der Waals surface area contributed by atoms with Crippen LogP contribution in [-0.2, 0) is 6.42 Å². The lowest BCUT2D eigenvalue weighted by Gasteiger charge is -2.11. The van der Waals surface area contributed by atoms with E-state index in [0.29, 0.717) is 17.2 Å². The van der Waals surface area contributed by atoms with Crippen molar-refractivity contribution in [3.63, 3.8) is 0 Å². The van der Waals surface area contributed by atoms with Gasteiger partial charge >= 0.3 is 0 Å². The van der Waals surface area contributed by atoms with Gasteiger partial charge in [-0.1, -0.05) is 6.07 Å². The molecule has 3 aromatic rings. The number of imidazole rings is 1. The second kappa shape index (κ2) is 4.22. The van der Waals surface area contributed by atoms with E-state index in [1.165, 1.54) is 23.5 Å². The summed E-state index contributed by atoms with van der Waals surface area (Å²) in [6, 6.07) is 9.28. The molecule has 2 N–H and O–H groups in total.